The second-order valence-electron chi connectivity index (χ2n) is 5.46. The van der Waals surface area contributed by atoms with Crippen molar-refractivity contribution in [3.8, 4) is 5.75 Å². The van der Waals surface area contributed by atoms with Crippen molar-refractivity contribution in [1.82, 2.24) is 5.01 Å². The van der Waals surface area contributed by atoms with Gasteiger partial charge in [0.15, 0.2) is 5.11 Å². The van der Waals surface area contributed by atoms with Gasteiger partial charge in [-0.05, 0) is 54.5 Å². The van der Waals surface area contributed by atoms with E-state index < -0.39 is 0 Å². The Morgan fingerprint density at radius 3 is 2.50 bits per heavy atom. The first-order valence-electron chi connectivity index (χ1n) is 7.73. The summed E-state index contributed by atoms with van der Waals surface area (Å²) in [5.74, 6) is 0.847. The van der Waals surface area contributed by atoms with Crippen LogP contribution in [0.4, 0.5) is 0 Å². The third kappa shape index (κ3) is 3.52. The molecule has 0 saturated heterocycles. The van der Waals surface area contributed by atoms with Crippen LogP contribution < -0.4 is 10.5 Å². The van der Waals surface area contributed by atoms with Crippen LogP contribution in [0.1, 0.15) is 30.5 Å². The van der Waals surface area contributed by atoms with Crippen LogP contribution in [0.5, 0.6) is 5.75 Å². The molecule has 2 N–H and O–H groups in total. The van der Waals surface area contributed by atoms with Crippen LogP contribution in [0.15, 0.2) is 53.6 Å². The molecule has 0 spiro atoms. The molecule has 0 aromatic heterocycles. The van der Waals surface area contributed by atoms with Crippen LogP contribution in [0.2, 0.25) is 5.02 Å². The zero-order valence-electron chi connectivity index (χ0n) is 13.3. The molecule has 1 aliphatic rings. The standard InChI is InChI=1S/C18H18ClN3OS/c1-2-23-15-9-5-13(6-10-15)17-11-16(21-22(17)18(20)24)12-3-7-14(19)8-4-12/h3-10,17H,2,11H2,1H3,(H2,20,24)/t17-/m1/s1. The number of hydrogen-bond donors (Lipinski definition) is 1. The number of nitrogens with two attached hydrogens (primary N) is 1. The van der Waals surface area contributed by atoms with Gasteiger partial charge in [0.1, 0.15) is 5.75 Å². The van der Waals surface area contributed by atoms with Gasteiger partial charge >= 0.3 is 0 Å². The SMILES string of the molecule is CCOc1ccc([C@H]2CC(c3ccc(Cl)cc3)=NN2C(N)=S)cc1. The van der Waals surface area contributed by atoms with Crippen molar-refractivity contribution in [2.24, 2.45) is 10.8 Å². The van der Waals surface area contributed by atoms with E-state index in [9.17, 15) is 0 Å². The maximum Gasteiger partial charge on any atom is 0.187 e. The lowest BCUT2D eigenvalue weighted by Gasteiger charge is -2.22. The zero-order chi connectivity index (χ0) is 17.1. The Labute approximate surface area is 151 Å². The highest BCUT2D eigenvalue weighted by molar-refractivity contribution is 7.80. The van der Waals surface area contributed by atoms with Gasteiger partial charge in [-0.2, -0.15) is 5.10 Å². The van der Waals surface area contributed by atoms with Crippen LogP contribution >= 0.6 is 23.8 Å². The van der Waals surface area contributed by atoms with E-state index in [2.05, 4.69) is 5.10 Å². The third-order valence-electron chi connectivity index (χ3n) is 3.89. The van der Waals surface area contributed by atoms with Gasteiger partial charge in [-0.3, -0.25) is 0 Å². The van der Waals surface area contributed by atoms with E-state index in [1.54, 1.807) is 5.01 Å². The molecule has 1 heterocycles. The number of rotatable bonds is 4. The maximum absolute atomic E-state index is 5.96. The lowest BCUT2D eigenvalue weighted by molar-refractivity contribution is 0.339. The number of nitrogens with zero attached hydrogens (tertiary/aromatic N) is 2. The monoisotopic (exact) mass is 359 g/mol. The van der Waals surface area contributed by atoms with E-state index in [-0.39, 0.29) is 11.2 Å². The predicted octanol–water partition coefficient (Wildman–Crippen LogP) is 4.13. The van der Waals surface area contributed by atoms with Gasteiger partial charge in [0.2, 0.25) is 0 Å². The predicted molar refractivity (Wildman–Crippen MR) is 102 cm³/mol. The molecule has 3 rings (SSSR count). The van der Waals surface area contributed by atoms with Crippen molar-refractivity contribution in [3.05, 3.63) is 64.7 Å². The van der Waals surface area contributed by atoms with Gasteiger partial charge in [0.25, 0.3) is 0 Å². The third-order valence-corrected chi connectivity index (χ3v) is 4.33. The van der Waals surface area contributed by atoms with Gasteiger partial charge in [-0.25, -0.2) is 5.01 Å². The Bertz CT molecular complexity index is 759. The summed E-state index contributed by atoms with van der Waals surface area (Å²) in [6.07, 6.45) is 0.729. The highest BCUT2D eigenvalue weighted by atomic mass is 35.5. The normalized spacial score (nSPS) is 16.8. The van der Waals surface area contributed by atoms with Crippen molar-refractivity contribution in [3.63, 3.8) is 0 Å². The van der Waals surface area contributed by atoms with Crippen molar-refractivity contribution < 1.29 is 4.74 Å². The summed E-state index contributed by atoms with van der Waals surface area (Å²) >= 11 is 11.1. The Hall–Kier alpha value is -2.11. The van der Waals surface area contributed by atoms with Crippen molar-refractivity contribution >= 4 is 34.6 Å². The summed E-state index contributed by atoms with van der Waals surface area (Å²) in [6.45, 7) is 2.61. The molecule has 0 saturated carbocycles. The molecule has 4 nitrogen and oxygen atoms in total. The van der Waals surface area contributed by atoms with E-state index in [1.807, 2.05) is 55.5 Å². The molecule has 24 heavy (non-hydrogen) atoms. The highest BCUT2D eigenvalue weighted by Gasteiger charge is 2.30. The smallest absolute Gasteiger partial charge is 0.187 e. The second kappa shape index (κ2) is 7.20. The molecule has 1 atom stereocenters. The summed E-state index contributed by atoms with van der Waals surface area (Å²) in [7, 11) is 0. The number of ether oxygens (including phenoxy) is 1. The van der Waals surface area contributed by atoms with E-state index in [0.29, 0.717) is 11.6 Å². The fourth-order valence-corrected chi connectivity index (χ4v) is 3.04. The van der Waals surface area contributed by atoms with Crippen LogP contribution in [-0.4, -0.2) is 22.4 Å². The van der Waals surface area contributed by atoms with Crippen LogP contribution in [0.25, 0.3) is 0 Å². The van der Waals surface area contributed by atoms with E-state index in [0.717, 1.165) is 29.0 Å². The largest absolute Gasteiger partial charge is 0.494 e. The van der Waals surface area contributed by atoms with Gasteiger partial charge in [0.05, 0.1) is 18.4 Å². The molecule has 2 aromatic carbocycles. The van der Waals surface area contributed by atoms with Gasteiger partial charge in [-0.15, -0.1) is 0 Å². The number of halogens is 1. The Morgan fingerprint density at radius 2 is 1.92 bits per heavy atom. The molecular weight excluding hydrogens is 342 g/mol. The average Bonchev–Trinajstić information content (AvgIpc) is 3.02. The van der Waals surface area contributed by atoms with Crippen LogP contribution in [0.3, 0.4) is 0 Å². The average molecular weight is 360 g/mol. The summed E-state index contributed by atoms with van der Waals surface area (Å²) in [6, 6.07) is 15.6. The summed E-state index contributed by atoms with van der Waals surface area (Å²) in [5.41, 5.74) is 8.93. The molecule has 0 aliphatic carbocycles. The number of hydrazone groups is 1. The molecular formula is C18H18ClN3OS. The number of benzene rings is 2. The van der Waals surface area contributed by atoms with Crippen molar-refractivity contribution in [1.29, 1.82) is 0 Å². The first-order valence-corrected chi connectivity index (χ1v) is 8.52. The molecule has 0 fully saturated rings. The molecule has 0 bridgehead atoms. The number of hydrogen-bond acceptors (Lipinski definition) is 3. The van der Waals surface area contributed by atoms with Gasteiger partial charge < -0.3 is 10.5 Å². The Kier molecular flexibility index (Phi) is 5.02. The second-order valence-corrected chi connectivity index (χ2v) is 6.31. The maximum atomic E-state index is 5.96. The molecule has 2 aromatic rings. The quantitative estimate of drug-likeness (QED) is 0.834. The van der Waals surface area contributed by atoms with E-state index in [1.165, 1.54) is 0 Å². The van der Waals surface area contributed by atoms with Gasteiger partial charge in [0, 0.05) is 11.4 Å². The van der Waals surface area contributed by atoms with Crippen LogP contribution in [0, 0.1) is 0 Å². The molecule has 6 heteroatoms. The zero-order valence-corrected chi connectivity index (χ0v) is 14.8. The number of thiocarbonyl (C=S) groups is 1. The van der Waals surface area contributed by atoms with Crippen molar-refractivity contribution in [2.45, 2.75) is 19.4 Å². The summed E-state index contributed by atoms with van der Waals surface area (Å²) in [5, 5.41) is 7.28. The lowest BCUT2D eigenvalue weighted by atomic mass is 9.98. The minimum Gasteiger partial charge on any atom is -0.494 e. The van der Waals surface area contributed by atoms with E-state index in [4.69, 9.17) is 34.3 Å². The lowest BCUT2D eigenvalue weighted by Crippen LogP contribution is -2.31. The van der Waals surface area contributed by atoms with Gasteiger partial charge in [-0.1, -0.05) is 35.9 Å². The molecule has 0 amide bonds. The Balaban J connectivity index is 1.86. The molecule has 0 unspecified atom stereocenters. The first-order chi connectivity index (χ1) is 11.6. The summed E-state index contributed by atoms with van der Waals surface area (Å²) < 4.78 is 5.49. The minimum atomic E-state index is -0.0103. The molecule has 0 radical (unpaired) electrons. The Morgan fingerprint density at radius 1 is 1.25 bits per heavy atom. The first kappa shape index (κ1) is 16.7. The highest BCUT2D eigenvalue weighted by Crippen LogP contribution is 2.33. The van der Waals surface area contributed by atoms with E-state index >= 15 is 0 Å². The fraction of sp³-hybridized carbons (Fsp3) is 0.222. The molecule has 124 valence electrons. The fourth-order valence-electron chi connectivity index (χ4n) is 2.74. The van der Waals surface area contributed by atoms with Crippen molar-refractivity contribution in [2.75, 3.05) is 6.61 Å². The topological polar surface area (TPSA) is 50.8 Å². The van der Waals surface area contributed by atoms with Crippen LogP contribution in [-0.2, 0) is 0 Å². The summed E-state index contributed by atoms with van der Waals surface area (Å²) in [4.78, 5) is 0. The molecule has 1 aliphatic heterocycles. The minimum absolute atomic E-state index is 0.0103.